The Balaban J connectivity index is 0.00000338. The monoisotopic (exact) mass is 407 g/mol. The molecule has 0 heterocycles. The molecule has 0 spiro atoms. The lowest BCUT2D eigenvalue weighted by Crippen LogP contribution is -2.60. The van der Waals surface area contributed by atoms with Crippen LogP contribution in [-0.2, 0) is 14.8 Å². The minimum absolute atomic E-state index is 0. The van der Waals surface area contributed by atoms with Gasteiger partial charge < -0.3 is 10.2 Å². The molecular weight excluding hydrogens is 381 g/mol. The van der Waals surface area contributed by atoms with E-state index < -0.39 is 21.4 Å². The second-order valence-corrected chi connectivity index (χ2v) is 8.22. The summed E-state index contributed by atoms with van der Waals surface area (Å²) in [6.45, 7) is 1.10. The zero-order valence-electron chi connectivity index (χ0n) is 15.1. The zero-order valence-corrected chi connectivity index (χ0v) is 16.8. The molecule has 26 heavy (non-hydrogen) atoms. The molecular formula is C17H27ClFN3O3S. The molecule has 148 valence electrons. The number of rotatable bonds is 7. The lowest BCUT2D eigenvalue weighted by molar-refractivity contribution is -0.137. The predicted molar refractivity (Wildman–Crippen MR) is 101 cm³/mol. The summed E-state index contributed by atoms with van der Waals surface area (Å²) in [5.41, 5.74) is -1.16. The molecule has 6 nitrogen and oxygen atoms in total. The van der Waals surface area contributed by atoms with E-state index in [2.05, 4.69) is 10.0 Å². The molecule has 0 saturated heterocycles. The molecule has 0 bridgehead atoms. The Kier molecular flexibility index (Phi) is 8.46. The number of likely N-dealkylation sites (N-methyl/N-ethyl adjacent to an activating group) is 2. The molecule has 0 aromatic heterocycles. The topological polar surface area (TPSA) is 78.5 Å². The molecule has 2 N–H and O–H groups in total. The summed E-state index contributed by atoms with van der Waals surface area (Å²) in [5, 5.41) is 2.98. The van der Waals surface area contributed by atoms with Crippen LogP contribution in [0, 0.1) is 5.82 Å². The molecule has 1 fully saturated rings. The van der Waals surface area contributed by atoms with Crippen LogP contribution in [0.25, 0.3) is 0 Å². The van der Waals surface area contributed by atoms with Crippen molar-refractivity contribution in [3.8, 4) is 0 Å². The third kappa shape index (κ3) is 5.39. The zero-order chi connectivity index (χ0) is 18.5. The fourth-order valence-electron chi connectivity index (χ4n) is 3.21. The Bertz CT molecular complexity index is 709. The number of hydrogen-bond acceptors (Lipinski definition) is 4. The van der Waals surface area contributed by atoms with Crippen molar-refractivity contribution < 1.29 is 17.6 Å². The Morgan fingerprint density at radius 3 is 2.50 bits per heavy atom. The molecule has 9 heteroatoms. The summed E-state index contributed by atoms with van der Waals surface area (Å²) >= 11 is 0. The number of nitrogens with zero attached hydrogens (tertiary/aromatic N) is 1. The van der Waals surface area contributed by atoms with Crippen LogP contribution < -0.4 is 10.0 Å². The van der Waals surface area contributed by atoms with E-state index in [9.17, 15) is 17.6 Å². The number of halogens is 2. The van der Waals surface area contributed by atoms with Gasteiger partial charge in [-0.2, -0.15) is 4.72 Å². The lowest BCUT2D eigenvalue weighted by Gasteiger charge is -2.39. The average molecular weight is 408 g/mol. The van der Waals surface area contributed by atoms with Gasteiger partial charge in [-0.05, 0) is 38.1 Å². The van der Waals surface area contributed by atoms with Crippen LogP contribution >= 0.6 is 12.4 Å². The Labute approximate surface area is 161 Å². The Morgan fingerprint density at radius 2 is 1.92 bits per heavy atom. The van der Waals surface area contributed by atoms with Crippen molar-refractivity contribution in [1.29, 1.82) is 0 Å². The summed E-state index contributed by atoms with van der Waals surface area (Å²) in [5.74, 6) is -0.861. The van der Waals surface area contributed by atoms with Gasteiger partial charge in [0.1, 0.15) is 11.4 Å². The summed E-state index contributed by atoms with van der Waals surface area (Å²) in [6.07, 6.45) is 3.42. The molecule has 0 radical (unpaired) electrons. The highest BCUT2D eigenvalue weighted by Gasteiger charge is 2.44. The second-order valence-electron chi connectivity index (χ2n) is 6.54. The van der Waals surface area contributed by atoms with E-state index in [0.717, 1.165) is 25.3 Å². The predicted octanol–water partition coefficient (Wildman–Crippen LogP) is 1.91. The van der Waals surface area contributed by atoms with Gasteiger partial charge in [0.25, 0.3) is 0 Å². The summed E-state index contributed by atoms with van der Waals surface area (Å²) < 4.78 is 41.5. The molecule has 1 aliphatic rings. The highest BCUT2D eigenvalue weighted by Crippen LogP contribution is 2.31. The molecule has 0 aliphatic heterocycles. The highest BCUT2D eigenvalue weighted by atomic mass is 35.5. The van der Waals surface area contributed by atoms with Crippen LogP contribution in [0.5, 0.6) is 0 Å². The number of hydrogen-bond donors (Lipinski definition) is 2. The van der Waals surface area contributed by atoms with Crippen molar-refractivity contribution in [3.05, 3.63) is 30.1 Å². The van der Waals surface area contributed by atoms with Gasteiger partial charge >= 0.3 is 0 Å². The Hall–Kier alpha value is -1.22. The van der Waals surface area contributed by atoms with Crippen LogP contribution in [0.1, 0.15) is 32.1 Å². The highest BCUT2D eigenvalue weighted by molar-refractivity contribution is 7.89. The summed E-state index contributed by atoms with van der Waals surface area (Å²) in [4.78, 5) is 14.4. The smallest absolute Gasteiger partial charge is 0.243 e. The molecule has 1 aromatic carbocycles. The van der Waals surface area contributed by atoms with Crippen molar-refractivity contribution in [2.75, 3.05) is 27.2 Å². The van der Waals surface area contributed by atoms with Crippen molar-refractivity contribution in [2.45, 2.75) is 42.5 Å². The molecule has 2 rings (SSSR count). The van der Waals surface area contributed by atoms with Crippen molar-refractivity contribution in [1.82, 2.24) is 14.9 Å². The van der Waals surface area contributed by atoms with Gasteiger partial charge in [0.15, 0.2) is 0 Å². The van der Waals surface area contributed by atoms with Crippen molar-refractivity contribution >= 4 is 28.3 Å². The van der Waals surface area contributed by atoms with Crippen LogP contribution in [-0.4, -0.2) is 51.9 Å². The maximum Gasteiger partial charge on any atom is 0.243 e. The first-order chi connectivity index (χ1) is 11.8. The van der Waals surface area contributed by atoms with E-state index in [4.69, 9.17) is 0 Å². The van der Waals surface area contributed by atoms with Crippen LogP contribution in [0.3, 0.4) is 0 Å². The van der Waals surface area contributed by atoms with Crippen LogP contribution in [0.15, 0.2) is 29.2 Å². The summed E-state index contributed by atoms with van der Waals surface area (Å²) in [7, 11) is -0.527. The second kappa shape index (κ2) is 9.64. The molecule has 1 amide bonds. The number of nitrogens with one attached hydrogen (secondary N) is 2. The average Bonchev–Trinajstić information content (AvgIpc) is 2.59. The minimum Gasteiger partial charge on any atom is -0.343 e. The van der Waals surface area contributed by atoms with Gasteiger partial charge in [0.05, 0.1) is 4.90 Å². The molecule has 0 atom stereocenters. The fourth-order valence-corrected chi connectivity index (χ4v) is 4.66. The Morgan fingerprint density at radius 1 is 1.27 bits per heavy atom. The molecule has 1 saturated carbocycles. The molecule has 1 aromatic rings. The molecule has 1 aliphatic carbocycles. The lowest BCUT2D eigenvalue weighted by atomic mass is 9.81. The van der Waals surface area contributed by atoms with Gasteiger partial charge in [-0.25, -0.2) is 12.8 Å². The normalized spacial score (nSPS) is 16.6. The van der Waals surface area contributed by atoms with E-state index in [0.29, 0.717) is 25.9 Å². The van der Waals surface area contributed by atoms with Crippen molar-refractivity contribution in [3.63, 3.8) is 0 Å². The molecule has 0 unspecified atom stereocenters. The van der Waals surface area contributed by atoms with Crippen LogP contribution in [0.2, 0.25) is 0 Å². The van der Waals surface area contributed by atoms with E-state index in [-0.39, 0.29) is 23.2 Å². The third-order valence-corrected chi connectivity index (χ3v) is 6.13. The van der Waals surface area contributed by atoms with Gasteiger partial charge in [-0.15, -0.1) is 12.4 Å². The van der Waals surface area contributed by atoms with Crippen molar-refractivity contribution in [2.24, 2.45) is 0 Å². The summed E-state index contributed by atoms with van der Waals surface area (Å²) in [6, 6.07) is 4.83. The third-order valence-electron chi connectivity index (χ3n) is 4.60. The fraction of sp³-hybridized carbons (Fsp3) is 0.588. The van der Waals surface area contributed by atoms with Gasteiger partial charge in [0.2, 0.25) is 15.9 Å². The SMILES string of the molecule is CNCCN(C)C(=O)C1(NS(=O)(=O)c2cccc(F)c2)CCCCC1.Cl. The minimum atomic E-state index is -3.99. The van der Waals surface area contributed by atoms with Gasteiger partial charge in [-0.1, -0.05) is 25.3 Å². The maximum atomic E-state index is 13.4. The number of amides is 1. The van der Waals surface area contributed by atoms with Crippen LogP contribution in [0.4, 0.5) is 4.39 Å². The van der Waals surface area contributed by atoms with E-state index in [1.165, 1.54) is 18.2 Å². The number of carbonyl (C=O) groups is 1. The first kappa shape index (κ1) is 22.8. The van der Waals surface area contributed by atoms with E-state index in [1.54, 1.807) is 19.0 Å². The van der Waals surface area contributed by atoms with Gasteiger partial charge in [0, 0.05) is 20.1 Å². The quantitative estimate of drug-likeness (QED) is 0.723. The number of benzene rings is 1. The maximum absolute atomic E-state index is 13.4. The number of carbonyl (C=O) groups excluding carboxylic acids is 1. The first-order valence-electron chi connectivity index (χ1n) is 8.50. The van der Waals surface area contributed by atoms with Gasteiger partial charge in [-0.3, -0.25) is 4.79 Å². The first-order valence-corrected chi connectivity index (χ1v) is 9.99. The van der Waals surface area contributed by atoms with E-state index >= 15 is 0 Å². The standard InChI is InChI=1S/C17H26FN3O3S.ClH/c1-19-11-12-21(2)16(22)17(9-4-3-5-10-17)20-25(23,24)15-8-6-7-14(18)13-15;/h6-8,13,19-20H,3-5,9-12H2,1-2H3;1H. The van der Waals surface area contributed by atoms with E-state index in [1.807, 2.05) is 0 Å². The largest absolute Gasteiger partial charge is 0.343 e. The number of sulfonamides is 1.